The van der Waals surface area contributed by atoms with Crippen molar-refractivity contribution in [2.24, 2.45) is 17.8 Å². The van der Waals surface area contributed by atoms with Crippen LogP contribution in [0.25, 0.3) is 0 Å². The lowest BCUT2D eigenvalue weighted by atomic mass is 9.76. The summed E-state index contributed by atoms with van der Waals surface area (Å²) in [5, 5.41) is 2.43. The van der Waals surface area contributed by atoms with Crippen LogP contribution in [0.3, 0.4) is 0 Å². The van der Waals surface area contributed by atoms with Gasteiger partial charge in [0.05, 0.1) is 21.9 Å². The van der Waals surface area contributed by atoms with Crippen LogP contribution in [0.2, 0.25) is 10.0 Å². The van der Waals surface area contributed by atoms with Crippen molar-refractivity contribution in [3.8, 4) is 0 Å². The number of imide groups is 1. The number of hydrogen-bond donors (Lipinski definition) is 0. The summed E-state index contributed by atoms with van der Waals surface area (Å²) in [6.07, 6.45) is 2.23. The highest BCUT2D eigenvalue weighted by Crippen LogP contribution is 2.42. The van der Waals surface area contributed by atoms with Crippen molar-refractivity contribution in [1.82, 2.24) is 10.0 Å². The third-order valence-corrected chi connectivity index (χ3v) is 7.54. The highest BCUT2D eigenvalue weighted by molar-refractivity contribution is 6.42. The van der Waals surface area contributed by atoms with Gasteiger partial charge in [-0.15, -0.1) is 0 Å². The van der Waals surface area contributed by atoms with Crippen LogP contribution in [-0.4, -0.2) is 39.6 Å². The second-order valence-corrected chi connectivity index (χ2v) is 9.87. The van der Waals surface area contributed by atoms with Crippen LogP contribution < -0.4 is 0 Å². The van der Waals surface area contributed by atoms with Gasteiger partial charge in [-0.2, -0.15) is 5.01 Å². The predicted octanol–water partition coefficient (Wildman–Crippen LogP) is 5.43. The Kier molecular flexibility index (Phi) is 7.10. The maximum atomic E-state index is 13.8. The van der Waals surface area contributed by atoms with Gasteiger partial charge in [-0.25, -0.2) is 5.01 Å². The number of hydrogen-bond acceptors (Lipinski definition) is 4. The second kappa shape index (κ2) is 9.88. The van der Waals surface area contributed by atoms with Crippen LogP contribution in [0.15, 0.2) is 48.5 Å². The molecule has 1 saturated carbocycles. The van der Waals surface area contributed by atoms with E-state index in [1.54, 1.807) is 37.3 Å². The van der Waals surface area contributed by atoms with Crippen LogP contribution in [0.1, 0.15) is 60.2 Å². The molecule has 0 N–H and O–H groups in total. The molecule has 1 aliphatic heterocycles. The average Bonchev–Trinajstić information content (AvgIpc) is 3.08. The van der Waals surface area contributed by atoms with Crippen molar-refractivity contribution in [2.75, 3.05) is 0 Å². The monoisotopic (exact) mass is 500 g/mol. The van der Waals surface area contributed by atoms with Crippen molar-refractivity contribution in [1.29, 1.82) is 0 Å². The number of rotatable bonds is 6. The Morgan fingerprint density at radius 2 is 1.65 bits per heavy atom. The molecule has 2 aromatic rings. The molecule has 2 aromatic carbocycles. The first-order valence-electron chi connectivity index (χ1n) is 11.5. The first-order valence-corrected chi connectivity index (χ1v) is 12.3. The minimum absolute atomic E-state index is 0.137. The molecule has 0 bridgehead atoms. The number of amides is 3. The average molecular weight is 501 g/mol. The lowest BCUT2D eigenvalue weighted by molar-refractivity contribution is -0.156. The van der Waals surface area contributed by atoms with Gasteiger partial charge in [-0.1, -0.05) is 67.4 Å². The van der Waals surface area contributed by atoms with E-state index in [9.17, 15) is 19.2 Å². The SMILES string of the molecule is CC[C@H](C(=O)c1ccccc1)N(C(=O)c1ccc(Cl)c(Cl)c1)N1C(=O)[C@H]2C[C@H](C)CC[C@H]2C1=O. The summed E-state index contributed by atoms with van der Waals surface area (Å²) in [5.74, 6) is -2.49. The van der Waals surface area contributed by atoms with Crippen molar-refractivity contribution < 1.29 is 19.2 Å². The van der Waals surface area contributed by atoms with E-state index in [-0.39, 0.29) is 27.8 Å². The van der Waals surface area contributed by atoms with Crippen LogP contribution >= 0.6 is 23.2 Å². The summed E-state index contributed by atoms with van der Waals surface area (Å²) in [4.78, 5) is 54.4. The molecule has 0 radical (unpaired) electrons. The molecule has 0 aromatic heterocycles. The van der Waals surface area contributed by atoms with E-state index in [0.29, 0.717) is 24.3 Å². The molecular formula is C26H26Cl2N2O4. The number of fused-ring (bicyclic) bond motifs is 1. The molecule has 4 rings (SSSR count). The number of hydrazine groups is 1. The molecule has 3 amide bonds. The van der Waals surface area contributed by atoms with E-state index < -0.39 is 35.6 Å². The van der Waals surface area contributed by atoms with Gasteiger partial charge in [-0.05, 0) is 49.8 Å². The molecule has 0 spiro atoms. The Morgan fingerprint density at radius 1 is 0.971 bits per heavy atom. The molecule has 2 aliphatic rings. The first kappa shape index (κ1) is 24.4. The van der Waals surface area contributed by atoms with Crippen LogP contribution in [0.4, 0.5) is 0 Å². The van der Waals surface area contributed by atoms with Gasteiger partial charge in [0.15, 0.2) is 5.78 Å². The van der Waals surface area contributed by atoms with Gasteiger partial charge in [0.2, 0.25) is 0 Å². The summed E-state index contributed by atoms with van der Waals surface area (Å²) in [6, 6.07) is 11.8. The molecule has 1 aliphatic carbocycles. The van der Waals surface area contributed by atoms with Gasteiger partial charge in [0.25, 0.3) is 17.7 Å². The number of carbonyl (C=O) groups is 4. The third kappa shape index (κ3) is 4.37. The Bertz CT molecular complexity index is 1140. The minimum Gasteiger partial charge on any atom is -0.292 e. The number of carbonyl (C=O) groups excluding carboxylic acids is 4. The fraction of sp³-hybridized carbons (Fsp3) is 0.385. The molecule has 1 heterocycles. The topological polar surface area (TPSA) is 74.8 Å². The predicted molar refractivity (Wildman–Crippen MR) is 129 cm³/mol. The van der Waals surface area contributed by atoms with Crippen LogP contribution in [0.5, 0.6) is 0 Å². The van der Waals surface area contributed by atoms with Crippen molar-refractivity contribution in [2.45, 2.75) is 45.6 Å². The van der Waals surface area contributed by atoms with E-state index in [0.717, 1.165) is 16.4 Å². The van der Waals surface area contributed by atoms with Gasteiger partial charge < -0.3 is 0 Å². The fourth-order valence-electron chi connectivity index (χ4n) is 4.98. The highest BCUT2D eigenvalue weighted by atomic mass is 35.5. The summed E-state index contributed by atoms with van der Waals surface area (Å²) >= 11 is 12.2. The smallest absolute Gasteiger partial charge is 0.273 e. The van der Waals surface area contributed by atoms with Gasteiger partial charge in [0.1, 0.15) is 6.04 Å². The Hall–Kier alpha value is -2.70. The van der Waals surface area contributed by atoms with E-state index in [4.69, 9.17) is 23.2 Å². The molecule has 8 heteroatoms. The maximum absolute atomic E-state index is 13.8. The van der Waals surface area contributed by atoms with E-state index in [2.05, 4.69) is 6.92 Å². The summed E-state index contributed by atoms with van der Waals surface area (Å²) in [7, 11) is 0. The van der Waals surface area contributed by atoms with E-state index in [1.165, 1.54) is 18.2 Å². The molecule has 178 valence electrons. The van der Waals surface area contributed by atoms with E-state index in [1.807, 2.05) is 0 Å². The molecule has 1 saturated heterocycles. The first-order chi connectivity index (χ1) is 16.2. The van der Waals surface area contributed by atoms with Gasteiger partial charge >= 0.3 is 0 Å². The Labute approximate surface area is 208 Å². The van der Waals surface area contributed by atoms with Gasteiger partial charge in [0, 0.05) is 11.1 Å². The third-order valence-electron chi connectivity index (χ3n) is 6.80. The van der Waals surface area contributed by atoms with E-state index >= 15 is 0 Å². The van der Waals surface area contributed by atoms with Crippen LogP contribution in [-0.2, 0) is 9.59 Å². The number of nitrogens with zero attached hydrogens (tertiary/aromatic N) is 2. The normalized spacial score (nSPS) is 22.9. The van der Waals surface area contributed by atoms with Gasteiger partial charge in [-0.3, -0.25) is 19.2 Å². The Balaban J connectivity index is 1.80. The zero-order valence-corrected chi connectivity index (χ0v) is 20.6. The number of halogens is 2. The zero-order valence-electron chi connectivity index (χ0n) is 19.0. The maximum Gasteiger partial charge on any atom is 0.273 e. The second-order valence-electron chi connectivity index (χ2n) is 9.05. The Morgan fingerprint density at radius 3 is 2.29 bits per heavy atom. The lowest BCUT2D eigenvalue weighted by Crippen LogP contribution is -2.57. The van der Waals surface area contributed by atoms with Crippen LogP contribution in [0, 0.1) is 17.8 Å². The summed E-state index contributed by atoms with van der Waals surface area (Å²) in [6.45, 7) is 3.81. The zero-order chi connectivity index (χ0) is 24.6. The molecule has 4 atom stereocenters. The van der Waals surface area contributed by atoms with Crippen molar-refractivity contribution in [3.05, 3.63) is 69.7 Å². The minimum atomic E-state index is -1.05. The molecule has 34 heavy (non-hydrogen) atoms. The fourth-order valence-corrected chi connectivity index (χ4v) is 5.28. The summed E-state index contributed by atoms with van der Waals surface area (Å²) in [5.41, 5.74) is 0.531. The standard InChI is InChI=1S/C26H26Cl2N2O4/c1-3-22(23(31)16-7-5-4-6-8-16)29(24(32)17-10-12-20(27)21(28)14-17)30-25(33)18-11-9-15(2)13-19(18)26(30)34/h4-8,10,12,14-15,18-19,22H,3,9,11,13H2,1-2H3/t15-,18-,19+,22-/m1/s1. The number of ketones is 1. The van der Waals surface area contributed by atoms with Crippen molar-refractivity contribution >= 4 is 46.7 Å². The molecule has 6 nitrogen and oxygen atoms in total. The largest absolute Gasteiger partial charge is 0.292 e. The molecule has 0 unspecified atom stereocenters. The number of Topliss-reactive ketones (excluding diaryl/α,β-unsaturated/α-hetero) is 1. The molecule has 2 fully saturated rings. The number of benzene rings is 2. The molecular weight excluding hydrogens is 475 g/mol. The quantitative estimate of drug-likeness (QED) is 0.391. The highest BCUT2D eigenvalue weighted by Gasteiger charge is 2.54. The summed E-state index contributed by atoms with van der Waals surface area (Å²) < 4.78 is 0. The van der Waals surface area contributed by atoms with Crippen molar-refractivity contribution in [3.63, 3.8) is 0 Å². The lowest BCUT2D eigenvalue weighted by Gasteiger charge is -2.36.